The average molecular weight is 168 g/mol. The molecule has 2 aliphatic carbocycles. The van der Waals surface area contributed by atoms with Crippen LogP contribution < -0.4 is 0 Å². The molecule has 66 valence electrons. The summed E-state index contributed by atoms with van der Waals surface area (Å²) in [5.74, 6) is 2.93. The van der Waals surface area contributed by atoms with E-state index >= 15 is 0 Å². The van der Waals surface area contributed by atoms with Crippen LogP contribution in [-0.4, -0.2) is 18.3 Å². The van der Waals surface area contributed by atoms with Crippen molar-refractivity contribution >= 4 is 0 Å². The Morgan fingerprint density at radius 3 is 2.58 bits per heavy atom. The van der Waals surface area contributed by atoms with Crippen LogP contribution in [0.15, 0.2) is 22.9 Å². The van der Waals surface area contributed by atoms with E-state index in [1.165, 1.54) is 5.57 Å². The smallest absolute Gasteiger partial charge is 0.149 e. The van der Waals surface area contributed by atoms with Gasteiger partial charge in [-0.25, -0.2) is 0 Å². The van der Waals surface area contributed by atoms with Crippen LogP contribution in [0.25, 0.3) is 0 Å². The van der Waals surface area contributed by atoms with Crippen molar-refractivity contribution in [2.45, 2.75) is 19.8 Å². The Kier molecular flexibility index (Phi) is 1.81. The number of hydrogen-bond acceptors (Lipinski definition) is 3. The highest BCUT2D eigenvalue weighted by molar-refractivity contribution is 5.33. The SMILES string of the molecule is CC1=C(OC2=C(OCCO)C2)C1. The molecule has 0 saturated carbocycles. The Morgan fingerprint density at radius 2 is 2.00 bits per heavy atom. The van der Waals surface area contributed by atoms with E-state index < -0.39 is 0 Å². The van der Waals surface area contributed by atoms with Gasteiger partial charge in [-0.2, -0.15) is 0 Å². The molecule has 3 nitrogen and oxygen atoms in total. The summed E-state index contributed by atoms with van der Waals surface area (Å²) in [6, 6.07) is 0. The van der Waals surface area contributed by atoms with Crippen molar-refractivity contribution in [2.24, 2.45) is 0 Å². The minimum Gasteiger partial charge on any atom is -0.492 e. The molecule has 1 N–H and O–H groups in total. The van der Waals surface area contributed by atoms with Gasteiger partial charge in [-0.1, -0.05) is 0 Å². The maximum atomic E-state index is 8.47. The molecule has 0 saturated heterocycles. The van der Waals surface area contributed by atoms with Gasteiger partial charge < -0.3 is 14.6 Å². The third-order valence-electron chi connectivity index (χ3n) is 1.90. The molecule has 0 aliphatic heterocycles. The third kappa shape index (κ3) is 1.61. The molecule has 0 aromatic heterocycles. The Hall–Kier alpha value is -0.960. The molecular weight excluding hydrogens is 156 g/mol. The number of aliphatic hydroxyl groups excluding tert-OH is 1. The van der Waals surface area contributed by atoms with Crippen molar-refractivity contribution in [3.8, 4) is 0 Å². The molecule has 0 heterocycles. The molecule has 0 atom stereocenters. The Bertz CT molecular complexity index is 263. The highest BCUT2D eigenvalue weighted by atomic mass is 16.5. The molecule has 0 fully saturated rings. The molecule has 0 amide bonds. The van der Waals surface area contributed by atoms with E-state index in [4.69, 9.17) is 14.6 Å². The van der Waals surface area contributed by atoms with E-state index in [1.807, 2.05) is 0 Å². The lowest BCUT2D eigenvalue weighted by atomic mass is 10.6. The van der Waals surface area contributed by atoms with Crippen molar-refractivity contribution in [1.82, 2.24) is 0 Å². The fourth-order valence-corrected chi connectivity index (χ4v) is 0.964. The highest BCUT2D eigenvalue weighted by Gasteiger charge is 2.30. The highest BCUT2D eigenvalue weighted by Crippen LogP contribution is 2.41. The Balaban J connectivity index is 1.74. The quantitative estimate of drug-likeness (QED) is 0.672. The van der Waals surface area contributed by atoms with Crippen LogP contribution >= 0.6 is 0 Å². The number of ether oxygens (including phenoxy) is 2. The summed E-state index contributed by atoms with van der Waals surface area (Å²) in [7, 11) is 0. The standard InChI is InChI=1S/C9H12O3/c1-6-4-7(6)12-9-5-8(9)11-3-2-10/h10H,2-5H2,1H3. The Morgan fingerprint density at radius 1 is 1.25 bits per heavy atom. The van der Waals surface area contributed by atoms with Crippen LogP contribution in [0.5, 0.6) is 0 Å². The predicted octanol–water partition coefficient (Wildman–Crippen LogP) is 1.30. The number of allylic oxidation sites excluding steroid dienone is 4. The predicted molar refractivity (Wildman–Crippen MR) is 43.1 cm³/mol. The van der Waals surface area contributed by atoms with Crippen LogP contribution in [0.3, 0.4) is 0 Å². The van der Waals surface area contributed by atoms with Crippen molar-refractivity contribution in [3.63, 3.8) is 0 Å². The molecular formula is C9H12O3. The van der Waals surface area contributed by atoms with Crippen LogP contribution in [0.4, 0.5) is 0 Å². The van der Waals surface area contributed by atoms with Gasteiger partial charge in [0.15, 0.2) is 0 Å². The average Bonchev–Trinajstić information content (AvgIpc) is 2.91. The molecule has 0 radical (unpaired) electrons. The van der Waals surface area contributed by atoms with Gasteiger partial charge >= 0.3 is 0 Å². The number of aliphatic hydroxyl groups is 1. The third-order valence-corrected chi connectivity index (χ3v) is 1.90. The Labute approximate surface area is 71.3 Å². The summed E-state index contributed by atoms with van der Waals surface area (Å²) >= 11 is 0. The number of hydrogen-bond donors (Lipinski definition) is 1. The van der Waals surface area contributed by atoms with Gasteiger partial charge in [-0.15, -0.1) is 0 Å². The zero-order valence-corrected chi connectivity index (χ0v) is 7.09. The lowest BCUT2D eigenvalue weighted by Gasteiger charge is -1.94. The van der Waals surface area contributed by atoms with Gasteiger partial charge in [0.25, 0.3) is 0 Å². The first-order chi connectivity index (χ1) is 5.81. The van der Waals surface area contributed by atoms with E-state index in [9.17, 15) is 0 Å². The maximum Gasteiger partial charge on any atom is 0.149 e. The zero-order chi connectivity index (χ0) is 8.55. The summed E-state index contributed by atoms with van der Waals surface area (Å²) in [6.45, 7) is 2.51. The topological polar surface area (TPSA) is 38.7 Å². The van der Waals surface area contributed by atoms with Crippen molar-refractivity contribution in [3.05, 3.63) is 22.9 Å². The van der Waals surface area contributed by atoms with Crippen LogP contribution in [0.2, 0.25) is 0 Å². The first-order valence-electron chi connectivity index (χ1n) is 4.13. The fraction of sp³-hybridized carbons (Fsp3) is 0.556. The van der Waals surface area contributed by atoms with Crippen LogP contribution in [0.1, 0.15) is 19.8 Å². The monoisotopic (exact) mass is 168 g/mol. The molecule has 2 rings (SSSR count). The minimum absolute atomic E-state index is 0.0680. The molecule has 2 aliphatic rings. The molecule has 0 spiro atoms. The summed E-state index contributed by atoms with van der Waals surface area (Å²) in [5, 5.41) is 8.47. The van der Waals surface area contributed by atoms with Gasteiger partial charge in [-0.3, -0.25) is 0 Å². The number of rotatable bonds is 5. The summed E-state index contributed by atoms with van der Waals surface area (Å²) < 4.78 is 10.6. The maximum absolute atomic E-state index is 8.47. The first kappa shape index (κ1) is 7.68. The van der Waals surface area contributed by atoms with Gasteiger partial charge in [0, 0.05) is 6.42 Å². The summed E-state index contributed by atoms with van der Waals surface area (Å²) in [4.78, 5) is 0. The molecule has 12 heavy (non-hydrogen) atoms. The van der Waals surface area contributed by atoms with E-state index in [-0.39, 0.29) is 6.61 Å². The van der Waals surface area contributed by atoms with E-state index in [0.717, 1.165) is 30.1 Å². The van der Waals surface area contributed by atoms with E-state index in [2.05, 4.69) is 6.92 Å². The molecule has 0 unspecified atom stereocenters. The summed E-state index contributed by atoms with van der Waals surface area (Å²) in [5.41, 5.74) is 1.33. The van der Waals surface area contributed by atoms with Crippen molar-refractivity contribution in [1.29, 1.82) is 0 Å². The lowest BCUT2D eigenvalue weighted by Crippen LogP contribution is -1.93. The fourth-order valence-electron chi connectivity index (χ4n) is 0.964. The van der Waals surface area contributed by atoms with Crippen LogP contribution in [0, 0.1) is 0 Å². The second kappa shape index (κ2) is 2.83. The van der Waals surface area contributed by atoms with Gasteiger partial charge in [-0.05, 0) is 12.5 Å². The minimum atomic E-state index is 0.0680. The summed E-state index contributed by atoms with van der Waals surface area (Å²) in [6.07, 6.45) is 1.83. The van der Waals surface area contributed by atoms with Gasteiger partial charge in [0.1, 0.15) is 23.9 Å². The van der Waals surface area contributed by atoms with Gasteiger partial charge in [0.05, 0.1) is 13.0 Å². The largest absolute Gasteiger partial charge is 0.492 e. The second-order valence-electron chi connectivity index (χ2n) is 3.08. The van der Waals surface area contributed by atoms with Gasteiger partial charge in [0.2, 0.25) is 0 Å². The van der Waals surface area contributed by atoms with E-state index in [1.54, 1.807) is 0 Å². The van der Waals surface area contributed by atoms with E-state index in [0.29, 0.717) is 6.61 Å². The van der Waals surface area contributed by atoms with Crippen LogP contribution in [-0.2, 0) is 9.47 Å². The molecule has 0 bridgehead atoms. The van der Waals surface area contributed by atoms with Crippen molar-refractivity contribution < 1.29 is 14.6 Å². The lowest BCUT2D eigenvalue weighted by molar-refractivity contribution is 0.151. The first-order valence-corrected chi connectivity index (χ1v) is 4.13. The molecule has 0 aromatic carbocycles. The zero-order valence-electron chi connectivity index (χ0n) is 7.09. The molecule has 0 aromatic rings. The van der Waals surface area contributed by atoms with Crippen molar-refractivity contribution in [2.75, 3.05) is 13.2 Å². The normalized spacial score (nSPS) is 19.8. The second-order valence-corrected chi connectivity index (χ2v) is 3.08. The molecule has 3 heteroatoms.